The van der Waals surface area contributed by atoms with Gasteiger partial charge in [-0.3, -0.25) is 14.4 Å². The zero-order valence-corrected chi connectivity index (χ0v) is 14.3. The summed E-state index contributed by atoms with van der Waals surface area (Å²) in [7, 11) is 0. The number of amides is 2. The van der Waals surface area contributed by atoms with Gasteiger partial charge in [-0.25, -0.2) is 4.68 Å². The summed E-state index contributed by atoms with van der Waals surface area (Å²) in [4.78, 5) is 37.8. The van der Waals surface area contributed by atoms with E-state index in [4.69, 9.17) is 5.73 Å². The van der Waals surface area contributed by atoms with Crippen LogP contribution in [0.4, 0.5) is 0 Å². The summed E-state index contributed by atoms with van der Waals surface area (Å²) >= 11 is 0. The van der Waals surface area contributed by atoms with E-state index in [1.165, 1.54) is 4.68 Å². The van der Waals surface area contributed by atoms with E-state index < -0.39 is 0 Å². The minimum atomic E-state index is -0.299. The van der Waals surface area contributed by atoms with Gasteiger partial charge in [0, 0.05) is 24.9 Å². The molecular weight excluding hydrogens is 320 g/mol. The molecule has 0 aliphatic carbocycles. The van der Waals surface area contributed by atoms with Gasteiger partial charge in [0.05, 0.1) is 11.1 Å². The second-order valence-corrected chi connectivity index (χ2v) is 6.59. The number of likely N-dealkylation sites (tertiary alicyclic amines) is 1. The van der Waals surface area contributed by atoms with E-state index in [2.05, 4.69) is 5.10 Å². The van der Waals surface area contributed by atoms with E-state index in [1.54, 1.807) is 17.0 Å². The molecule has 0 radical (unpaired) electrons. The zero-order valence-electron chi connectivity index (χ0n) is 14.3. The van der Waals surface area contributed by atoms with Crippen molar-refractivity contribution in [2.75, 3.05) is 13.1 Å². The maximum atomic E-state index is 12.6. The monoisotopic (exact) mass is 342 g/mol. The molecule has 0 bridgehead atoms. The number of benzene rings is 1. The molecule has 1 aliphatic rings. The van der Waals surface area contributed by atoms with Gasteiger partial charge in [0.1, 0.15) is 6.54 Å². The number of hydrogen-bond acceptors (Lipinski definition) is 4. The quantitative estimate of drug-likeness (QED) is 0.889. The van der Waals surface area contributed by atoms with Crippen molar-refractivity contribution in [3.63, 3.8) is 0 Å². The van der Waals surface area contributed by atoms with Gasteiger partial charge in [-0.1, -0.05) is 18.2 Å². The average Bonchev–Trinajstić information content (AvgIpc) is 2.59. The topological polar surface area (TPSA) is 98.3 Å². The largest absolute Gasteiger partial charge is 0.370 e. The molecule has 25 heavy (non-hydrogen) atoms. The minimum absolute atomic E-state index is 0.0645. The summed E-state index contributed by atoms with van der Waals surface area (Å²) in [6.45, 7) is 2.93. The van der Waals surface area contributed by atoms with Gasteiger partial charge in [-0.2, -0.15) is 5.10 Å². The van der Waals surface area contributed by atoms with Gasteiger partial charge >= 0.3 is 0 Å². The van der Waals surface area contributed by atoms with E-state index in [9.17, 15) is 14.4 Å². The summed E-state index contributed by atoms with van der Waals surface area (Å²) < 4.78 is 1.25. The van der Waals surface area contributed by atoms with Crippen molar-refractivity contribution in [1.82, 2.24) is 14.7 Å². The molecule has 2 N–H and O–H groups in total. The van der Waals surface area contributed by atoms with Crippen LogP contribution < -0.4 is 11.3 Å². The highest BCUT2D eigenvalue weighted by atomic mass is 16.2. The maximum Gasteiger partial charge on any atom is 0.275 e. The Morgan fingerprint density at radius 1 is 1.20 bits per heavy atom. The Bertz CT molecular complexity index is 866. The van der Waals surface area contributed by atoms with Gasteiger partial charge in [-0.15, -0.1) is 0 Å². The van der Waals surface area contributed by atoms with Crippen molar-refractivity contribution in [2.45, 2.75) is 32.7 Å². The minimum Gasteiger partial charge on any atom is -0.370 e. The van der Waals surface area contributed by atoms with Crippen LogP contribution >= 0.6 is 0 Å². The summed E-state index contributed by atoms with van der Waals surface area (Å²) in [6.07, 6.45) is 1.88. The number of hydrogen-bond donors (Lipinski definition) is 1. The molecule has 1 aromatic heterocycles. The Morgan fingerprint density at radius 2 is 1.84 bits per heavy atom. The Morgan fingerprint density at radius 3 is 2.48 bits per heavy atom. The molecule has 3 rings (SSSR count). The molecule has 1 aliphatic heterocycles. The summed E-state index contributed by atoms with van der Waals surface area (Å²) in [5.74, 6) is -0.181. The van der Waals surface area contributed by atoms with E-state index in [0.29, 0.717) is 24.9 Å². The molecule has 2 aromatic rings. The SMILES string of the molecule is Cc1nn(CC(=O)N2CCC(CC(N)=O)CC2)c(=O)c2ccccc12. The number of carbonyl (C=O) groups excluding carboxylic acids is 2. The fraction of sp³-hybridized carbons (Fsp3) is 0.444. The first-order valence-corrected chi connectivity index (χ1v) is 8.48. The maximum absolute atomic E-state index is 12.6. The third kappa shape index (κ3) is 3.70. The molecule has 7 nitrogen and oxygen atoms in total. The van der Waals surface area contributed by atoms with Crippen LogP contribution in [0.1, 0.15) is 25.0 Å². The van der Waals surface area contributed by atoms with Gasteiger partial charge < -0.3 is 10.6 Å². The summed E-state index contributed by atoms with van der Waals surface area (Å²) in [5.41, 5.74) is 5.70. The lowest BCUT2D eigenvalue weighted by Crippen LogP contribution is -2.42. The molecule has 1 aromatic carbocycles. The van der Waals surface area contributed by atoms with Crippen LogP contribution in [0.5, 0.6) is 0 Å². The average molecular weight is 342 g/mol. The number of fused-ring (bicyclic) bond motifs is 1. The Hall–Kier alpha value is -2.70. The summed E-state index contributed by atoms with van der Waals surface area (Å²) in [6, 6.07) is 7.28. The third-order valence-electron chi connectivity index (χ3n) is 4.79. The fourth-order valence-corrected chi connectivity index (χ4v) is 3.41. The summed E-state index contributed by atoms with van der Waals surface area (Å²) in [5, 5.41) is 5.67. The van der Waals surface area contributed by atoms with Crippen molar-refractivity contribution in [2.24, 2.45) is 11.7 Å². The molecule has 1 saturated heterocycles. The lowest BCUT2D eigenvalue weighted by Gasteiger charge is -2.31. The highest BCUT2D eigenvalue weighted by Crippen LogP contribution is 2.20. The molecule has 132 valence electrons. The lowest BCUT2D eigenvalue weighted by atomic mass is 9.93. The molecule has 0 atom stereocenters. The first-order chi connectivity index (χ1) is 12.0. The third-order valence-corrected chi connectivity index (χ3v) is 4.79. The van der Waals surface area contributed by atoms with Crippen molar-refractivity contribution >= 4 is 22.6 Å². The van der Waals surface area contributed by atoms with Crippen molar-refractivity contribution in [3.05, 3.63) is 40.3 Å². The molecule has 1 fully saturated rings. The first-order valence-electron chi connectivity index (χ1n) is 8.48. The second-order valence-electron chi connectivity index (χ2n) is 6.59. The van der Waals surface area contributed by atoms with Crippen LogP contribution in [0.25, 0.3) is 10.8 Å². The smallest absolute Gasteiger partial charge is 0.275 e. The van der Waals surface area contributed by atoms with E-state index in [0.717, 1.165) is 23.9 Å². The van der Waals surface area contributed by atoms with Crippen LogP contribution in [-0.4, -0.2) is 39.6 Å². The number of aromatic nitrogens is 2. The first kappa shape index (κ1) is 17.1. The molecule has 0 spiro atoms. The molecule has 2 heterocycles. The molecule has 0 saturated carbocycles. The molecule has 0 unspecified atom stereocenters. The van der Waals surface area contributed by atoms with Gasteiger partial charge in [-0.05, 0) is 31.7 Å². The standard InChI is InChI=1S/C18H22N4O3/c1-12-14-4-2-3-5-15(14)18(25)22(20-12)11-17(24)21-8-6-13(7-9-21)10-16(19)23/h2-5,13H,6-11H2,1H3,(H2,19,23). The highest BCUT2D eigenvalue weighted by molar-refractivity contribution is 5.83. The van der Waals surface area contributed by atoms with Crippen LogP contribution in [0.2, 0.25) is 0 Å². The predicted molar refractivity (Wildman–Crippen MR) is 93.9 cm³/mol. The Labute approximate surface area is 145 Å². The van der Waals surface area contributed by atoms with Gasteiger partial charge in [0.15, 0.2) is 0 Å². The number of nitrogens with zero attached hydrogens (tertiary/aromatic N) is 3. The van der Waals surface area contributed by atoms with Crippen LogP contribution in [0.15, 0.2) is 29.1 Å². The number of piperidine rings is 1. The van der Waals surface area contributed by atoms with E-state index in [1.807, 2.05) is 19.1 Å². The van der Waals surface area contributed by atoms with Gasteiger partial charge in [0.25, 0.3) is 5.56 Å². The van der Waals surface area contributed by atoms with Gasteiger partial charge in [0.2, 0.25) is 11.8 Å². The second kappa shape index (κ2) is 7.04. The number of aryl methyl sites for hydroxylation is 1. The number of nitrogens with two attached hydrogens (primary N) is 1. The lowest BCUT2D eigenvalue weighted by molar-refractivity contribution is -0.133. The zero-order chi connectivity index (χ0) is 18.0. The Balaban J connectivity index is 1.72. The normalized spacial score (nSPS) is 15.5. The van der Waals surface area contributed by atoms with Crippen molar-refractivity contribution in [1.29, 1.82) is 0 Å². The highest BCUT2D eigenvalue weighted by Gasteiger charge is 2.24. The van der Waals surface area contributed by atoms with Crippen molar-refractivity contribution < 1.29 is 9.59 Å². The van der Waals surface area contributed by atoms with Crippen LogP contribution in [0.3, 0.4) is 0 Å². The molecule has 7 heteroatoms. The van der Waals surface area contributed by atoms with Crippen molar-refractivity contribution in [3.8, 4) is 0 Å². The molecular formula is C18H22N4O3. The fourth-order valence-electron chi connectivity index (χ4n) is 3.41. The van der Waals surface area contributed by atoms with Crippen LogP contribution in [-0.2, 0) is 16.1 Å². The molecule has 2 amide bonds. The number of primary amides is 1. The Kier molecular flexibility index (Phi) is 4.83. The number of rotatable bonds is 4. The number of carbonyl (C=O) groups is 2. The van der Waals surface area contributed by atoms with E-state index in [-0.39, 0.29) is 29.8 Å². The predicted octanol–water partition coefficient (Wildman–Crippen LogP) is 0.819. The van der Waals surface area contributed by atoms with E-state index >= 15 is 0 Å². The van der Waals surface area contributed by atoms with Crippen LogP contribution in [0, 0.1) is 12.8 Å².